The van der Waals surface area contributed by atoms with Gasteiger partial charge in [-0.3, -0.25) is 4.79 Å². The quantitative estimate of drug-likeness (QED) is 0.781. The van der Waals surface area contributed by atoms with Gasteiger partial charge in [0.25, 0.3) is 5.91 Å². The molecule has 1 amide bonds. The van der Waals surface area contributed by atoms with E-state index < -0.39 is 0 Å². The molecule has 2 aromatic heterocycles. The van der Waals surface area contributed by atoms with E-state index in [1.165, 1.54) is 6.26 Å². The maximum Gasteiger partial charge on any atom is 0.286 e. The van der Waals surface area contributed by atoms with Gasteiger partial charge in [0.2, 0.25) is 0 Å². The second-order valence-electron chi connectivity index (χ2n) is 4.60. The molecule has 0 radical (unpaired) electrons. The average Bonchev–Trinajstić information content (AvgIpc) is 3.21. The number of carbonyl (C=O) groups excluding carboxylic acids is 1. The summed E-state index contributed by atoms with van der Waals surface area (Å²) in [5.41, 5.74) is 2.18. The molecule has 106 valence electrons. The van der Waals surface area contributed by atoms with E-state index in [4.69, 9.17) is 4.42 Å². The summed E-state index contributed by atoms with van der Waals surface area (Å²) in [5, 5.41) is 7.00. The molecular weight excluding hydrogens is 266 g/mol. The maximum absolute atomic E-state index is 11.7. The lowest BCUT2D eigenvalue weighted by Crippen LogP contribution is -2.25. The first-order chi connectivity index (χ1) is 10.3. The molecule has 0 aliphatic heterocycles. The lowest BCUT2D eigenvalue weighted by molar-refractivity contribution is 0.0926. The number of benzene rings is 1. The Labute approximate surface area is 122 Å². The number of hydrogen-bond acceptors (Lipinski definition) is 3. The van der Waals surface area contributed by atoms with Crippen LogP contribution < -0.4 is 5.32 Å². The standard InChI is InChI=1S/C16H15N3O2/c20-16(15-3-1-12-21-15)17-10-8-13-4-6-14(7-5-13)19-11-2-9-18-19/h1-7,9,11-12H,8,10H2,(H,17,20). The van der Waals surface area contributed by atoms with Crippen molar-refractivity contribution in [3.8, 4) is 5.69 Å². The molecule has 0 atom stereocenters. The van der Waals surface area contributed by atoms with Gasteiger partial charge in [-0.15, -0.1) is 0 Å². The van der Waals surface area contributed by atoms with Gasteiger partial charge >= 0.3 is 0 Å². The van der Waals surface area contributed by atoms with Gasteiger partial charge in [-0.2, -0.15) is 5.10 Å². The van der Waals surface area contributed by atoms with Gasteiger partial charge in [-0.05, 0) is 42.3 Å². The first-order valence-electron chi connectivity index (χ1n) is 6.73. The number of hydrogen-bond donors (Lipinski definition) is 1. The largest absolute Gasteiger partial charge is 0.459 e. The monoisotopic (exact) mass is 281 g/mol. The number of carbonyl (C=O) groups is 1. The molecule has 1 N–H and O–H groups in total. The van der Waals surface area contributed by atoms with Crippen molar-refractivity contribution in [2.75, 3.05) is 6.54 Å². The number of aromatic nitrogens is 2. The number of nitrogens with one attached hydrogen (secondary N) is 1. The van der Waals surface area contributed by atoms with Crippen molar-refractivity contribution in [1.82, 2.24) is 15.1 Å². The van der Waals surface area contributed by atoms with Crippen LogP contribution in [0.4, 0.5) is 0 Å². The van der Waals surface area contributed by atoms with Crippen LogP contribution in [-0.4, -0.2) is 22.2 Å². The van der Waals surface area contributed by atoms with Gasteiger partial charge in [0.1, 0.15) is 0 Å². The summed E-state index contributed by atoms with van der Waals surface area (Å²) in [4.78, 5) is 11.7. The number of nitrogens with zero attached hydrogens (tertiary/aromatic N) is 2. The third kappa shape index (κ3) is 3.20. The van der Waals surface area contributed by atoms with Gasteiger partial charge in [0.15, 0.2) is 5.76 Å². The highest BCUT2D eigenvalue weighted by molar-refractivity contribution is 5.91. The van der Waals surface area contributed by atoms with Crippen molar-refractivity contribution in [2.24, 2.45) is 0 Å². The molecule has 21 heavy (non-hydrogen) atoms. The van der Waals surface area contributed by atoms with Crippen LogP contribution >= 0.6 is 0 Å². The molecule has 0 unspecified atom stereocenters. The summed E-state index contributed by atoms with van der Waals surface area (Å²) >= 11 is 0. The first-order valence-corrected chi connectivity index (χ1v) is 6.73. The lowest BCUT2D eigenvalue weighted by atomic mass is 10.1. The van der Waals surface area contributed by atoms with E-state index >= 15 is 0 Å². The SMILES string of the molecule is O=C(NCCc1ccc(-n2cccn2)cc1)c1ccco1. The Morgan fingerprint density at radius 1 is 1.19 bits per heavy atom. The first kappa shape index (κ1) is 13.2. The van der Waals surface area contributed by atoms with E-state index in [1.54, 1.807) is 18.3 Å². The van der Waals surface area contributed by atoms with Gasteiger partial charge in [0.05, 0.1) is 12.0 Å². The molecule has 0 bridgehead atoms. The van der Waals surface area contributed by atoms with Crippen molar-refractivity contribution in [3.05, 3.63) is 72.4 Å². The maximum atomic E-state index is 11.7. The van der Waals surface area contributed by atoms with Crippen LogP contribution in [0.1, 0.15) is 16.1 Å². The minimum Gasteiger partial charge on any atom is -0.459 e. The minimum absolute atomic E-state index is 0.187. The van der Waals surface area contributed by atoms with Crippen LogP contribution in [0.25, 0.3) is 5.69 Å². The molecule has 0 aliphatic rings. The lowest BCUT2D eigenvalue weighted by Gasteiger charge is -2.05. The minimum atomic E-state index is -0.187. The van der Waals surface area contributed by atoms with E-state index in [-0.39, 0.29) is 5.91 Å². The van der Waals surface area contributed by atoms with Crippen LogP contribution in [0.5, 0.6) is 0 Å². The number of amides is 1. The van der Waals surface area contributed by atoms with Crippen LogP contribution in [-0.2, 0) is 6.42 Å². The summed E-state index contributed by atoms with van der Waals surface area (Å²) in [6, 6.07) is 13.3. The molecule has 3 rings (SSSR count). The Bertz CT molecular complexity index is 686. The highest BCUT2D eigenvalue weighted by Gasteiger charge is 2.06. The smallest absolute Gasteiger partial charge is 0.286 e. The summed E-state index contributed by atoms with van der Waals surface area (Å²) in [7, 11) is 0. The van der Waals surface area contributed by atoms with E-state index in [1.807, 2.05) is 41.2 Å². The molecule has 0 aliphatic carbocycles. The van der Waals surface area contributed by atoms with Crippen LogP contribution in [0.3, 0.4) is 0 Å². The fraction of sp³-hybridized carbons (Fsp3) is 0.125. The summed E-state index contributed by atoms with van der Waals surface area (Å²) in [6.45, 7) is 0.570. The van der Waals surface area contributed by atoms with Crippen molar-refractivity contribution in [2.45, 2.75) is 6.42 Å². The summed E-state index contributed by atoms with van der Waals surface area (Å²) < 4.78 is 6.84. The van der Waals surface area contributed by atoms with Gasteiger partial charge in [-0.25, -0.2) is 4.68 Å². The van der Waals surface area contributed by atoms with E-state index in [0.717, 1.165) is 17.7 Å². The molecule has 0 saturated heterocycles. The van der Waals surface area contributed by atoms with Crippen molar-refractivity contribution >= 4 is 5.91 Å². The molecule has 3 aromatic rings. The Morgan fingerprint density at radius 3 is 2.71 bits per heavy atom. The summed E-state index contributed by atoms with van der Waals surface area (Å²) in [5.74, 6) is 0.150. The second-order valence-corrected chi connectivity index (χ2v) is 4.60. The zero-order valence-corrected chi connectivity index (χ0v) is 11.4. The van der Waals surface area contributed by atoms with E-state index in [9.17, 15) is 4.79 Å². The summed E-state index contributed by atoms with van der Waals surface area (Å²) in [6.07, 6.45) is 5.91. The van der Waals surface area contributed by atoms with Crippen LogP contribution in [0, 0.1) is 0 Å². The zero-order valence-electron chi connectivity index (χ0n) is 11.4. The van der Waals surface area contributed by atoms with Crippen molar-refractivity contribution in [3.63, 3.8) is 0 Å². The van der Waals surface area contributed by atoms with Crippen LogP contribution in [0.15, 0.2) is 65.5 Å². The van der Waals surface area contributed by atoms with Gasteiger partial charge < -0.3 is 9.73 Å². The Balaban J connectivity index is 1.53. The Hall–Kier alpha value is -2.82. The van der Waals surface area contributed by atoms with Gasteiger partial charge in [0, 0.05) is 18.9 Å². The van der Waals surface area contributed by atoms with Gasteiger partial charge in [-0.1, -0.05) is 12.1 Å². The molecule has 2 heterocycles. The highest BCUT2D eigenvalue weighted by Crippen LogP contribution is 2.09. The molecule has 0 spiro atoms. The Morgan fingerprint density at radius 2 is 2.05 bits per heavy atom. The molecule has 5 heteroatoms. The third-order valence-electron chi connectivity index (χ3n) is 3.15. The number of furan rings is 1. The Kier molecular flexibility index (Phi) is 3.82. The fourth-order valence-corrected chi connectivity index (χ4v) is 2.05. The normalized spacial score (nSPS) is 10.5. The molecule has 5 nitrogen and oxygen atoms in total. The zero-order chi connectivity index (χ0) is 14.5. The average molecular weight is 281 g/mol. The second kappa shape index (κ2) is 6.09. The predicted molar refractivity (Wildman–Crippen MR) is 78.3 cm³/mol. The highest BCUT2D eigenvalue weighted by atomic mass is 16.3. The third-order valence-corrected chi connectivity index (χ3v) is 3.15. The van der Waals surface area contributed by atoms with E-state index in [0.29, 0.717) is 12.3 Å². The van der Waals surface area contributed by atoms with Crippen LogP contribution in [0.2, 0.25) is 0 Å². The molecule has 0 fully saturated rings. The number of rotatable bonds is 5. The van der Waals surface area contributed by atoms with Crippen molar-refractivity contribution in [1.29, 1.82) is 0 Å². The topological polar surface area (TPSA) is 60.1 Å². The molecule has 0 saturated carbocycles. The van der Waals surface area contributed by atoms with Crippen molar-refractivity contribution < 1.29 is 9.21 Å². The predicted octanol–water partition coefficient (Wildman–Crippen LogP) is 2.44. The molecule has 1 aromatic carbocycles. The molecular formula is C16H15N3O2. The van der Waals surface area contributed by atoms with E-state index in [2.05, 4.69) is 10.4 Å². The fourth-order valence-electron chi connectivity index (χ4n) is 2.05.